The fraction of sp³-hybridized carbons (Fsp3) is 0.600. The smallest absolute Gasteiger partial charge is 0.137 e. The number of hydrogen-bond donors (Lipinski definition) is 1. The van der Waals surface area contributed by atoms with Crippen LogP contribution in [0.3, 0.4) is 0 Å². The van der Waals surface area contributed by atoms with E-state index in [2.05, 4.69) is 21.2 Å². The molecule has 0 heterocycles. The van der Waals surface area contributed by atoms with Crippen LogP contribution in [0.1, 0.15) is 31.2 Å². The second-order valence-corrected chi connectivity index (χ2v) is 6.17. The van der Waals surface area contributed by atoms with Crippen molar-refractivity contribution in [3.8, 4) is 0 Å². The second-order valence-electron chi connectivity index (χ2n) is 5.31. The van der Waals surface area contributed by atoms with E-state index in [0.29, 0.717) is 4.47 Å². The molecule has 1 N–H and O–H groups in total. The minimum atomic E-state index is -0.172. The van der Waals surface area contributed by atoms with E-state index in [1.807, 2.05) is 19.2 Å². The van der Waals surface area contributed by atoms with Gasteiger partial charge in [0.05, 0.1) is 4.47 Å². The third-order valence-corrected chi connectivity index (χ3v) is 4.62. The van der Waals surface area contributed by atoms with Gasteiger partial charge in [0, 0.05) is 0 Å². The third-order valence-electron chi connectivity index (χ3n) is 4.01. The molecule has 0 bridgehead atoms. The zero-order valence-electron chi connectivity index (χ0n) is 10.9. The summed E-state index contributed by atoms with van der Waals surface area (Å²) in [6.07, 6.45) is 6.41. The van der Waals surface area contributed by atoms with Crippen molar-refractivity contribution in [2.75, 3.05) is 13.6 Å². The van der Waals surface area contributed by atoms with Crippen molar-refractivity contribution < 1.29 is 4.39 Å². The summed E-state index contributed by atoms with van der Waals surface area (Å²) in [6.45, 7) is 1.10. The van der Waals surface area contributed by atoms with Gasteiger partial charge in [-0.15, -0.1) is 0 Å². The van der Waals surface area contributed by atoms with Crippen molar-refractivity contribution in [3.05, 3.63) is 34.1 Å². The Morgan fingerprint density at radius 3 is 2.67 bits per heavy atom. The van der Waals surface area contributed by atoms with Crippen molar-refractivity contribution >= 4 is 15.9 Å². The van der Waals surface area contributed by atoms with E-state index in [1.54, 1.807) is 6.07 Å². The van der Waals surface area contributed by atoms with E-state index in [9.17, 15) is 4.39 Å². The van der Waals surface area contributed by atoms with E-state index >= 15 is 0 Å². The average molecular weight is 314 g/mol. The van der Waals surface area contributed by atoms with Crippen LogP contribution in [-0.4, -0.2) is 13.6 Å². The minimum Gasteiger partial charge on any atom is -0.319 e. The van der Waals surface area contributed by atoms with Gasteiger partial charge in [0.25, 0.3) is 0 Å². The first-order chi connectivity index (χ1) is 8.70. The van der Waals surface area contributed by atoms with Crippen molar-refractivity contribution in [3.63, 3.8) is 0 Å². The molecule has 0 radical (unpaired) electrons. The molecular weight excluding hydrogens is 293 g/mol. The molecule has 1 fully saturated rings. The Balaban J connectivity index is 2.03. The Morgan fingerprint density at radius 2 is 2.00 bits per heavy atom. The molecule has 2 atom stereocenters. The summed E-state index contributed by atoms with van der Waals surface area (Å²) in [6, 6.07) is 5.42. The van der Waals surface area contributed by atoms with Gasteiger partial charge >= 0.3 is 0 Å². The minimum absolute atomic E-state index is 0.172. The van der Waals surface area contributed by atoms with Crippen molar-refractivity contribution in [1.29, 1.82) is 0 Å². The zero-order chi connectivity index (χ0) is 13.0. The standard InChI is InChI=1S/C15H21BrFN/c1-18-10-13-5-3-2-4-12(13)8-11-6-7-15(17)14(16)9-11/h6-7,9,12-13,18H,2-5,8,10H2,1H3. The number of hydrogen-bond acceptors (Lipinski definition) is 1. The van der Waals surface area contributed by atoms with Gasteiger partial charge in [0.2, 0.25) is 0 Å². The van der Waals surface area contributed by atoms with Crippen LogP contribution in [-0.2, 0) is 6.42 Å². The van der Waals surface area contributed by atoms with E-state index in [-0.39, 0.29) is 5.82 Å². The molecule has 100 valence electrons. The van der Waals surface area contributed by atoms with Gasteiger partial charge in [0.1, 0.15) is 5.82 Å². The van der Waals surface area contributed by atoms with E-state index in [4.69, 9.17) is 0 Å². The summed E-state index contributed by atoms with van der Waals surface area (Å²) in [4.78, 5) is 0. The number of benzene rings is 1. The lowest BCUT2D eigenvalue weighted by molar-refractivity contribution is 0.232. The molecule has 18 heavy (non-hydrogen) atoms. The highest BCUT2D eigenvalue weighted by Gasteiger charge is 2.24. The van der Waals surface area contributed by atoms with Crippen molar-refractivity contribution in [2.24, 2.45) is 11.8 Å². The molecule has 1 aliphatic rings. The largest absolute Gasteiger partial charge is 0.319 e. The summed E-state index contributed by atoms with van der Waals surface area (Å²) in [5, 5.41) is 3.30. The lowest BCUT2D eigenvalue weighted by Crippen LogP contribution is -2.30. The van der Waals surface area contributed by atoms with Crippen LogP contribution in [0.2, 0.25) is 0 Å². The maximum Gasteiger partial charge on any atom is 0.137 e. The molecule has 1 saturated carbocycles. The molecule has 0 saturated heterocycles. The number of nitrogens with one attached hydrogen (secondary N) is 1. The van der Waals surface area contributed by atoms with Gasteiger partial charge in [-0.3, -0.25) is 0 Å². The molecule has 2 rings (SSSR count). The molecule has 2 unspecified atom stereocenters. The molecule has 1 nitrogen and oxygen atoms in total. The monoisotopic (exact) mass is 313 g/mol. The van der Waals surface area contributed by atoms with Gasteiger partial charge in [-0.25, -0.2) is 4.39 Å². The molecule has 0 aromatic heterocycles. The van der Waals surface area contributed by atoms with Crippen LogP contribution in [0.4, 0.5) is 4.39 Å². The fourth-order valence-corrected chi connectivity index (χ4v) is 3.48. The predicted octanol–water partition coefficient (Wildman–Crippen LogP) is 4.16. The molecule has 0 aliphatic heterocycles. The van der Waals surface area contributed by atoms with Crippen LogP contribution < -0.4 is 5.32 Å². The van der Waals surface area contributed by atoms with Crippen LogP contribution in [0.15, 0.2) is 22.7 Å². The lowest BCUT2D eigenvalue weighted by Gasteiger charge is -2.31. The number of rotatable bonds is 4. The molecule has 0 spiro atoms. The van der Waals surface area contributed by atoms with Crippen LogP contribution in [0.5, 0.6) is 0 Å². The predicted molar refractivity (Wildman–Crippen MR) is 77.2 cm³/mol. The normalized spacial score (nSPS) is 24.2. The van der Waals surface area contributed by atoms with E-state index in [1.165, 1.54) is 31.2 Å². The Labute approximate surface area is 117 Å². The highest BCUT2D eigenvalue weighted by molar-refractivity contribution is 9.10. The molecule has 3 heteroatoms. The second kappa shape index (κ2) is 6.67. The van der Waals surface area contributed by atoms with Gasteiger partial charge < -0.3 is 5.32 Å². The average Bonchev–Trinajstić information content (AvgIpc) is 2.37. The van der Waals surface area contributed by atoms with Gasteiger partial charge in [-0.05, 0) is 78.3 Å². The Morgan fingerprint density at radius 1 is 1.28 bits per heavy atom. The fourth-order valence-electron chi connectivity index (χ4n) is 3.05. The Bertz CT molecular complexity index is 392. The summed E-state index contributed by atoms with van der Waals surface area (Å²) >= 11 is 3.27. The van der Waals surface area contributed by atoms with E-state index < -0.39 is 0 Å². The van der Waals surface area contributed by atoms with Gasteiger partial charge in [-0.2, -0.15) is 0 Å². The summed E-state index contributed by atoms with van der Waals surface area (Å²) in [7, 11) is 2.03. The highest BCUT2D eigenvalue weighted by atomic mass is 79.9. The molecule has 1 aliphatic carbocycles. The Kier molecular flexibility index (Phi) is 5.19. The summed E-state index contributed by atoms with van der Waals surface area (Å²) < 4.78 is 13.8. The molecule has 0 amide bonds. The SMILES string of the molecule is CNCC1CCCCC1Cc1ccc(F)c(Br)c1. The first kappa shape index (κ1) is 14.0. The first-order valence-corrected chi connectivity index (χ1v) is 7.58. The molecule has 1 aromatic carbocycles. The summed E-state index contributed by atoms with van der Waals surface area (Å²) in [5.41, 5.74) is 1.25. The van der Waals surface area contributed by atoms with Crippen molar-refractivity contribution in [2.45, 2.75) is 32.1 Å². The Hall–Kier alpha value is -0.410. The first-order valence-electron chi connectivity index (χ1n) is 6.79. The van der Waals surface area contributed by atoms with Crippen LogP contribution in [0, 0.1) is 17.7 Å². The maximum absolute atomic E-state index is 13.2. The van der Waals surface area contributed by atoms with Gasteiger partial charge in [-0.1, -0.05) is 18.9 Å². The van der Waals surface area contributed by atoms with Gasteiger partial charge in [0.15, 0.2) is 0 Å². The third kappa shape index (κ3) is 3.55. The van der Waals surface area contributed by atoms with Crippen LogP contribution >= 0.6 is 15.9 Å². The van der Waals surface area contributed by atoms with Crippen LogP contribution in [0.25, 0.3) is 0 Å². The zero-order valence-corrected chi connectivity index (χ0v) is 12.5. The lowest BCUT2D eigenvalue weighted by atomic mass is 9.76. The molecule has 1 aromatic rings. The highest BCUT2D eigenvalue weighted by Crippen LogP contribution is 2.32. The van der Waals surface area contributed by atoms with Crippen molar-refractivity contribution in [1.82, 2.24) is 5.32 Å². The molecular formula is C15H21BrFN. The van der Waals surface area contributed by atoms with E-state index in [0.717, 1.165) is 24.8 Å². The quantitative estimate of drug-likeness (QED) is 0.880. The maximum atomic E-state index is 13.2. The summed E-state index contributed by atoms with van der Waals surface area (Å²) in [5.74, 6) is 1.34. The topological polar surface area (TPSA) is 12.0 Å². The number of halogens is 2.